The van der Waals surface area contributed by atoms with Crippen molar-refractivity contribution >= 4 is 5.82 Å². The number of hydrogen-bond donors (Lipinski definition) is 0. The van der Waals surface area contributed by atoms with Crippen LogP contribution in [0.15, 0.2) is 6.20 Å². The van der Waals surface area contributed by atoms with E-state index < -0.39 is 0 Å². The summed E-state index contributed by atoms with van der Waals surface area (Å²) in [5.41, 5.74) is 2.16. The van der Waals surface area contributed by atoms with Crippen molar-refractivity contribution in [3.63, 3.8) is 0 Å². The van der Waals surface area contributed by atoms with Gasteiger partial charge in [0.15, 0.2) is 5.82 Å². The largest absolute Gasteiger partial charge is 0.355 e. The summed E-state index contributed by atoms with van der Waals surface area (Å²) in [6.07, 6.45) is 2.90. The first kappa shape index (κ1) is 7.53. The number of anilines is 1. The Balaban J connectivity index is 2.42. The highest BCUT2D eigenvalue weighted by atomic mass is 15.2. The van der Waals surface area contributed by atoms with Crippen LogP contribution >= 0.6 is 0 Å². The summed E-state index contributed by atoms with van der Waals surface area (Å²) in [4.78, 5) is 11.1. The van der Waals surface area contributed by atoms with Crippen molar-refractivity contribution in [1.29, 1.82) is 0 Å². The zero-order valence-corrected chi connectivity index (χ0v) is 7.54. The molecule has 0 aliphatic carbocycles. The minimum atomic E-state index is 1.01. The van der Waals surface area contributed by atoms with Gasteiger partial charge in [0.2, 0.25) is 0 Å². The van der Waals surface area contributed by atoms with Crippen LogP contribution in [0.2, 0.25) is 0 Å². The lowest BCUT2D eigenvalue weighted by Gasteiger charge is -2.14. The number of hydrogen-bond acceptors (Lipinski definition) is 3. The van der Waals surface area contributed by atoms with Gasteiger partial charge in [-0.25, -0.2) is 4.98 Å². The highest BCUT2D eigenvalue weighted by molar-refractivity contribution is 5.48. The van der Waals surface area contributed by atoms with Crippen molar-refractivity contribution < 1.29 is 0 Å². The molecule has 0 unspecified atom stereocenters. The Morgan fingerprint density at radius 2 is 2.42 bits per heavy atom. The fraction of sp³-hybridized carbons (Fsp3) is 0.556. The molecule has 3 heteroatoms. The van der Waals surface area contributed by atoms with Gasteiger partial charge in [-0.05, 0) is 13.8 Å². The minimum absolute atomic E-state index is 1.01. The van der Waals surface area contributed by atoms with Gasteiger partial charge in [-0.15, -0.1) is 0 Å². The molecule has 12 heavy (non-hydrogen) atoms. The number of nitrogens with zero attached hydrogens (tertiary/aromatic N) is 3. The second-order valence-corrected chi connectivity index (χ2v) is 3.11. The molecule has 1 aromatic rings. The fourth-order valence-electron chi connectivity index (χ4n) is 1.57. The van der Waals surface area contributed by atoms with Crippen molar-refractivity contribution in [2.75, 3.05) is 18.0 Å². The molecule has 0 fully saturated rings. The molecule has 0 radical (unpaired) electrons. The number of rotatable bonds is 1. The van der Waals surface area contributed by atoms with Crippen molar-refractivity contribution in [3.8, 4) is 0 Å². The van der Waals surface area contributed by atoms with Gasteiger partial charge in [-0.3, -0.25) is 4.98 Å². The summed E-state index contributed by atoms with van der Waals surface area (Å²) in [7, 11) is 0. The first-order valence-electron chi connectivity index (χ1n) is 4.38. The summed E-state index contributed by atoms with van der Waals surface area (Å²) in [6.45, 7) is 6.25. The maximum absolute atomic E-state index is 4.47. The molecular formula is C9H13N3. The Labute approximate surface area is 72.4 Å². The third kappa shape index (κ3) is 1.05. The standard InChI is InChI=1S/C9H13N3/c1-3-12-5-4-8-9(12)11-7(2)6-10-8/h6H,3-5H2,1-2H3. The first-order valence-corrected chi connectivity index (χ1v) is 4.38. The third-order valence-corrected chi connectivity index (χ3v) is 2.25. The zero-order valence-electron chi connectivity index (χ0n) is 7.54. The van der Waals surface area contributed by atoms with Crippen molar-refractivity contribution in [2.45, 2.75) is 20.3 Å². The molecule has 3 nitrogen and oxygen atoms in total. The lowest BCUT2D eigenvalue weighted by atomic mass is 10.3. The van der Waals surface area contributed by atoms with Gasteiger partial charge in [0, 0.05) is 25.7 Å². The average molecular weight is 163 g/mol. The van der Waals surface area contributed by atoms with Crippen molar-refractivity contribution in [3.05, 3.63) is 17.6 Å². The maximum atomic E-state index is 4.47. The van der Waals surface area contributed by atoms with Gasteiger partial charge < -0.3 is 4.90 Å². The van der Waals surface area contributed by atoms with E-state index in [1.54, 1.807) is 0 Å². The molecule has 0 saturated carbocycles. The predicted octanol–water partition coefficient (Wildman–Crippen LogP) is 1.17. The molecule has 1 aromatic heterocycles. The van der Waals surface area contributed by atoms with Gasteiger partial charge in [0.1, 0.15) is 0 Å². The van der Waals surface area contributed by atoms with Gasteiger partial charge in [0.05, 0.1) is 11.4 Å². The minimum Gasteiger partial charge on any atom is -0.355 e. The average Bonchev–Trinajstić information content (AvgIpc) is 2.46. The van der Waals surface area contributed by atoms with Gasteiger partial charge in [-0.2, -0.15) is 0 Å². The van der Waals surface area contributed by atoms with E-state index in [4.69, 9.17) is 0 Å². The van der Waals surface area contributed by atoms with E-state index in [2.05, 4.69) is 21.8 Å². The molecule has 1 aliphatic heterocycles. The second kappa shape index (κ2) is 2.73. The lowest BCUT2D eigenvalue weighted by Crippen LogP contribution is -2.20. The van der Waals surface area contributed by atoms with Crippen molar-refractivity contribution in [1.82, 2.24) is 9.97 Å². The highest BCUT2D eigenvalue weighted by Crippen LogP contribution is 2.22. The summed E-state index contributed by atoms with van der Waals surface area (Å²) < 4.78 is 0. The smallest absolute Gasteiger partial charge is 0.150 e. The molecule has 0 N–H and O–H groups in total. The Morgan fingerprint density at radius 1 is 1.58 bits per heavy atom. The molecular weight excluding hydrogens is 150 g/mol. The van der Waals surface area contributed by atoms with E-state index in [9.17, 15) is 0 Å². The molecule has 0 aromatic carbocycles. The Hall–Kier alpha value is -1.12. The molecule has 2 heterocycles. The molecule has 0 bridgehead atoms. The number of likely N-dealkylation sites (N-methyl/N-ethyl adjacent to an activating group) is 1. The van der Waals surface area contributed by atoms with Crippen LogP contribution in [0, 0.1) is 6.92 Å². The van der Waals surface area contributed by atoms with Gasteiger partial charge in [-0.1, -0.05) is 0 Å². The molecule has 64 valence electrons. The molecule has 0 saturated heterocycles. The molecule has 2 rings (SSSR count). The number of fused-ring (bicyclic) bond motifs is 1. The summed E-state index contributed by atoms with van der Waals surface area (Å²) in [6, 6.07) is 0. The SMILES string of the molecule is CCN1CCc2ncc(C)nc21. The summed E-state index contributed by atoms with van der Waals surface area (Å²) >= 11 is 0. The van der Waals surface area contributed by atoms with E-state index in [1.165, 1.54) is 0 Å². The third-order valence-electron chi connectivity index (χ3n) is 2.25. The van der Waals surface area contributed by atoms with Gasteiger partial charge in [0.25, 0.3) is 0 Å². The quantitative estimate of drug-likeness (QED) is 0.622. The van der Waals surface area contributed by atoms with Crippen molar-refractivity contribution in [2.24, 2.45) is 0 Å². The second-order valence-electron chi connectivity index (χ2n) is 3.11. The van der Waals surface area contributed by atoms with E-state index in [0.29, 0.717) is 0 Å². The normalized spacial score (nSPS) is 15.0. The van der Waals surface area contributed by atoms with E-state index in [1.807, 2.05) is 13.1 Å². The Morgan fingerprint density at radius 3 is 3.17 bits per heavy atom. The molecule has 0 amide bonds. The predicted molar refractivity (Wildman–Crippen MR) is 48.4 cm³/mol. The molecule has 0 spiro atoms. The van der Waals surface area contributed by atoms with Crippen LogP contribution in [0.1, 0.15) is 18.3 Å². The van der Waals surface area contributed by atoms with Crippen LogP contribution < -0.4 is 4.90 Å². The summed E-state index contributed by atoms with van der Waals surface area (Å²) in [5.74, 6) is 1.09. The molecule has 1 aliphatic rings. The first-order chi connectivity index (χ1) is 5.81. The molecule has 0 atom stereocenters. The highest BCUT2D eigenvalue weighted by Gasteiger charge is 2.19. The lowest BCUT2D eigenvalue weighted by molar-refractivity contribution is 0.855. The Bertz CT molecular complexity index is 296. The Kier molecular flexibility index (Phi) is 1.71. The van der Waals surface area contributed by atoms with Crippen LogP contribution in [0.5, 0.6) is 0 Å². The van der Waals surface area contributed by atoms with E-state index in [0.717, 1.165) is 36.7 Å². The number of aromatic nitrogens is 2. The maximum Gasteiger partial charge on any atom is 0.150 e. The van der Waals surface area contributed by atoms with E-state index in [-0.39, 0.29) is 0 Å². The van der Waals surface area contributed by atoms with Crippen LogP contribution in [-0.2, 0) is 6.42 Å². The topological polar surface area (TPSA) is 29.0 Å². The number of aryl methyl sites for hydroxylation is 1. The monoisotopic (exact) mass is 163 g/mol. The van der Waals surface area contributed by atoms with Crippen LogP contribution in [-0.4, -0.2) is 23.1 Å². The van der Waals surface area contributed by atoms with Gasteiger partial charge >= 0.3 is 0 Å². The van der Waals surface area contributed by atoms with Crippen LogP contribution in [0.4, 0.5) is 5.82 Å². The van der Waals surface area contributed by atoms with Crippen LogP contribution in [0.3, 0.4) is 0 Å². The van der Waals surface area contributed by atoms with E-state index >= 15 is 0 Å². The fourth-order valence-corrected chi connectivity index (χ4v) is 1.57. The zero-order chi connectivity index (χ0) is 8.55. The van der Waals surface area contributed by atoms with Crippen LogP contribution in [0.25, 0.3) is 0 Å². The summed E-state index contributed by atoms with van der Waals surface area (Å²) in [5, 5.41) is 0.